The van der Waals surface area contributed by atoms with Gasteiger partial charge in [0.05, 0.1) is 11.1 Å². The Balaban J connectivity index is 2.45. The van der Waals surface area contributed by atoms with E-state index in [4.69, 9.17) is 11.6 Å². The van der Waals surface area contributed by atoms with Crippen LogP contribution in [0.2, 0.25) is 5.02 Å². The predicted molar refractivity (Wildman–Crippen MR) is 66.6 cm³/mol. The van der Waals surface area contributed by atoms with Gasteiger partial charge >= 0.3 is 0 Å². The molecular formula is C12H11ClFNS. The monoisotopic (exact) mass is 255 g/mol. The van der Waals surface area contributed by atoms with Crippen LogP contribution in [0.3, 0.4) is 0 Å². The van der Waals surface area contributed by atoms with E-state index in [0.29, 0.717) is 0 Å². The molecule has 0 bridgehead atoms. The van der Waals surface area contributed by atoms with Gasteiger partial charge in [0.2, 0.25) is 0 Å². The average molecular weight is 256 g/mol. The van der Waals surface area contributed by atoms with Crippen LogP contribution >= 0.6 is 22.9 Å². The molecule has 0 saturated heterocycles. The molecule has 0 aliphatic rings. The highest BCUT2D eigenvalue weighted by molar-refractivity contribution is 7.08. The third-order valence-corrected chi connectivity index (χ3v) is 3.56. The summed E-state index contributed by atoms with van der Waals surface area (Å²) in [6.45, 7) is 0. The molecule has 0 aliphatic heterocycles. The standard InChI is InChI=1S/C12H11ClFNS/c1-15-12(8-5-6-16-7-8)9-3-2-4-10(14)11(9)13/h2-7,12,15H,1H3. The lowest BCUT2D eigenvalue weighted by Crippen LogP contribution is -2.17. The molecule has 0 saturated carbocycles. The molecule has 0 fully saturated rings. The van der Waals surface area contributed by atoms with Crippen LogP contribution in [0.15, 0.2) is 35.0 Å². The minimum Gasteiger partial charge on any atom is -0.309 e. The Kier molecular flexibility index (Phi) is 3.59. The van der Waals surface area contributed by atoms with Crippen LogP contribution in [0, 0.1) is 5.82 Å². The summed E-state index contributed by atoms with van der Waals surface area (Å²) in [5.41, 5.74) is 1.86. The SMILES string of the molecule is CNC(c1ccsc1)c1cccc(F)c1Cl. The fraction of sp³-hybridized carbons (Fsp3) is 0.167. The minimum atomic E-state index is -0.380. The van der Waals surface area contributed by atoms with Crippen LogP contribution < -0.4 is 5.32 Å². The van der Waals surface area contributed by atoms with Crippen molar-refractivity contribution in [2.24, 2.45) is 0 Å². The molecule has 1 atom stereocenters. The van der Waals surface area contributed by atoms with Gasteiger partial charge in [-0.2, -0.15) is 11.3 Å². The summed E-state index contributed by atoms with van der Waals surface area (Å²) < 4.78 is 13.4. The predicted octanol–water partition coefficient (Wildman–Crippen LogP) is 3.85. The van der Waals surface area contributed by atoms with E-state index in [1.54, 1.807) is 17.4 Å². The lowest BCUT2D eigenvalue weighted by Gasteiger charge is -2.17. The van der Waals surface area contributed by atoms with Crippen molar-refractivity contribution in [3.8, 4) is 0 Å². The molecule has 1 N–H and O–H groups in total. The molecule has 1 aromatic heterocycles. The topological polar surface area (TPSA) is 12.0 Å². The van der Waals surface area contributed by atoms with Crippen LogP contribution in [0.5, 0.6) is 0 Å². The fourth-order valence-electron chi connectivity index (χ4n) is 1.68. The summed E-state index contributed by atoms with van der Waals surface area (Å²) in [6.07, 6.45) is 0. The third-order valence-electron chi connectivity index (χ3n) is 2.46. The zero-order chi connectivity index (χ0) is 11.5. The molecule has 0 radical (unpaired) electrons. The molecule has 1 nitrogen and oxygen atoms in total. The van der Waals surface area contributed by atoms with E-state index in [2.05, 4.69) is 5.32 Å². The first-order valence-corrected chi connectivity index (χ1v) is 6.19. The quantitative estimate of drug-likeness (QED) is 0.879. The van der Waals surface area contributed by atoms with Crippen LogP contribution in [0.4, 0.5) is 4.39 Å². The van der Waals surface area contributed by atoms with Crippen molar-refractivity contribution in [1.82, 2.24) is 5.32 Å². The molecule has 1 unspecified atom stereocenters. The lowest BCUT2D eigenvalue weighted by molar-refractivity contribution is 0.617. The first kappa shape index (κ1) is 11.6. The summed E-state index contributed by atoms with van der Waals surface area (Å²) in [7, 11) is 1.84. The van der Waals surface area contributed by atoms with E-state index in [1.165, 1.54) is 6.07 Å². The first-order valence-electron chi connectivity index (χ1n) is 4.87. The Labute approximate surface area is 103 Å². The van der Waals surface area contributed by atoms with Crippen LogP contribution in [-0.2, 0) is 0 Å². The number of halogens is 2. The Morgan fingerprint density at radius 2 is 2.19 bits per heavy atom. The maximum atomic E-state index is 13.4. The van der Waals surface area contributed by atoms with E-state index in [-0.39, 0.29) is 16.9 Å². The van der Waals surface area contributed by atoms with Gasteiger partial charge in [-0.05, 0) is 41.1 Å². The Bertz CT molecular complexity index is 470. The van der Waals surface area contributed by atoms with Gasteiger partial charge in [0, 0.05) is 0 Å². The minimum absolute atomic E-state index is 0.0607. The zero-order valence-electron chi connectivity index (χ0n) is 8.71. The van der Waals surface area contributed by atoms with Gasteiger partial charge in [-0.1, -0.05) is 23.7 Å². The summed E-state index contributed by atoms with van der Waals surface area (Å²) in [4.78, 5) is 0. The maximum Gasteiger partial charge on any atom is 0.142 e. The van der Waals surface area contributed by atoms with Gasteiger partial charge in [-0.25, -0.2) is 4.39 Å². The van der Waals surface area contributed by atoms with Crippen molar-refractivity contribution in [3.05, 3.63) is 57.0 Å². The van der Waals surface area contributed by atoms with E-state index in [9.17, 15) is 4.39 Å². The highest BCUT2D eigenvalue weighted by atomic mass is 35.5. The highest BCUT2D eigenvalue weighted by Crippen LogP contribution is 2.30. The van der Waals surface area contributed by atoms with Crippen molar-refractivity contribution in [3.63, 3.8) is 0 Å². The van der Waals surface area contributed by atoms with Gasteiger partial charge in [-0.3, -0.25) is 0 Å². The molecular weight excluding hydrogens is 245 g/mol. The van der Waals surface area contributed by atoms with Gasteiger partial charge in [-0.15, -0.1) is 0 Å². The van der Waals surface area contributed by atoms with Crippen molar-refractivity contribution in [1.29, 1.82) is 0 Å². The fourth-order valence-corrected chi connectivity index (χ4v) is 2.61. The van der Waals surface area contributed by atoms with E-state index >= 15 is 0 Å². The number of benzene rings is 1. The Hall–Kier alpha value is -0.900. The highest BCUT2D eigenvalue weighted by Gasteiger charge is 2.17. The first-order chi connectivity index (χ1) is 7.74. The largest absolute Gasteiger partial charge is 0.309 e. The van der Waals surface area contributed by atoms with Crippen molar-refractivity contribution in [2.75, 3.05) is 7.05 Å². The Morgan fingerprint density at radius 3 is 2.81 bits per heavy atom. The van der Waals surface area contributed by atoms with Crippen molar-refractivity contribution >= 4 is 22.9 Å². The zero-order valence-corrected chi connectivity index (χ0v) is 10.3. The molecule has 0 aliphatic carbocycles. The summed E-state index contributed by atoms with van der Waals surface area (Å²) >= 11 is 7.58. The second-order valence-corrected chi connectivity index (χ2v) is 4.58. The molecule has 2 aromatic rings. The van der Waals surface area contributed by atoms with Gasteiger partial charge < -0.3 is 5.32 Å². The molecule has 16 heavy (non-hydrogen) atoms. The second kappa shape index (κ2) is 4.95. The van der Waals surface area contributed by atoms with Crippen molar-refractivity contribution < 1.29 is 4.39 Å². The number of nitrogens with one attached hydrogen (secondary N) is 1. The summed E-state index contributed by atoms with van der Waals surface area (Å²) in [5.74, 6) is -0.380. The van der Waals surface area contributed by atoms with E-state index < -0.39 is 0 Å². The third kappa shape index (κ3) is 2.12. The lowest BCUT2D eigenvalue weighted by atomic mass is 10.0. The number of thiophene rings is 1. The van der Waals surface area contributed by atoms with Crippen LogP contribution in [-0.4, -0.2) is 7.05 Å². The summed E-state index contributed by atoms with van der Waals surface area (Å²) in [6, 6.07) is 6.82. The Morgan fingerprint density at radius 1 is 1.38 bits per heavy atom. The molecule has 0 spiro atoms. The molecule has 1 aromatic carbocycles. The molecule has 0 amide bonds. The van der Waals surface area contributed by atoms with Crippen LogP contribution in [0.25, 0.3) is 0 Å². The summed E-state index contributed by atoms with van der Waals surface area (Å²) in [5, 5.41) is 7.36. The number of hydrogen-bond acceptors (Lipinski definition) is 2. The van der Waals surface area contributed by atoms with Gasteiger partial charge in [0.25, 0.3) is 0 Å². The number of hydrogen-bond donors (Lipinski definition) is 1. The molecule has 2 rings (SSSR count). The normalized spacial score (nSPS) is 12.7. The number of rotatable bonds is 3. The van der Waals surface area contributed by atoms with Gasteiger partial charge in [0.1, 0.15) is 5.82 Å². The molecule has 4 heteroatoms. The van der Waals surface area contributed by atoms with E-state index in [1.807, 2.05) is 29.9 Å². The molecule has 84 valence electrons. The average Bonchev–Trinajstić information content (AvgIpc) is 2.79. The molecule has 1 heterocycles. The van der Waals surface area contributed by atoms with E-state index in [0.717, 1.165) is 11.1 Å². The van der Waals surface area contributed by atoms with Gasteiger partial charge in [0.15, 0.2) is 0 Å². The smallest absolute Gasteiger partial charge is 0.142 e. The maximum absolute atomic E-state index is 13.4. The second-order valence-electron chi connectivity index (χ2n) is 3.42. The van der Waals surface area contributed by atoms with Crippen molar-refractivity contribution in [2.45, 2.75) is 6.04 Å². The van der Waals surface area contributed by atoms with Crippen LogP contribution in [0.1, 0.15) is 17.2 Å².